The molecule has 0 aromatic heterocycles. The van der Waals surface area contributed by atoms with Gasteiger partial charge >= 0.3 is 0 Å². The number of likely N-dealkylation sites (tertiary alicyclic amines) is 2. The molecule has 3 atom stereocenters. The summed E-state index contributed by atoms with van der Waals surface area (Å²) in [5.41, 5.74) is 14.6. The van der Waals surface area contributed by atoms with Gasteiger partial charge in [0.2, 0.25) is 0 Å². The molecule has 4 N–H and O–H groups in total. The van der Waals surface area contributed by atoms with Crippen molar-refractivity contribution in [2.45, 2.75) is 116 Å². The number of nitrogens with zero attached hydrogens (tertiary/aromatic N) is 2. The molecule has 4 nitrogen and oxygen atoms in total. The molecule has 2 heterocycles. The fraction of sp³-hybridized carbons (Fsp3) is 1.00. The van der Waals surface area contributed by atoms with Crippen molar-refractivity contribution in [1.82, 2.24) is 9.80 Å². The standard InChI is InChI=1S/C25H48N4/c1-19(2)28-14-10-25(11-15-28)9-7-20(18-22(25)27)23(3,4)29-16-12-24(13-17-29)8-5-6-21(24)26/h19-22H,5-18,26-27H2,1-4H3/t20?,21-,22-/m1/s1. The van der Waals surface area contributed by atoms with E-state index in [2.05, 4.69) is 37.5 Å². The molecule has 4 aliphatic rings. The Morgan fingerprint density at radius 2 is 1.38 bits per heavy atom. The molecule has 2 aliphatic heterocycles. The first-order valence-electron chi connectivity index (χ1n) is 12.7. The predicted molar refractivity (Wildman–Crippen MR) is 123 cm³/mol. The quantitative estimate of drug-likeness (QED) is 0.747. The molecule has 2 aliphatic carbocycles. The van der Waals surface area contributed by atoms with Gasteiger partial charge in [-0.25, -0.2) is 0 Å². The van der Waals surface area contributed by atoms with Gasteiger partial charge in [-0.15, -0.1) is 0 Å². The summed E-state index contributed by atoms with van der Waals surface area (Å²) in [4.78, 5) is 5.45. The van der Waals surface area contributed by atoms with E-state index in [-0.39, 0.29) is 5.54 Å². The van der Waals surface area contributed by atoms with Gasteiger partial charge in [0.1, 0.15) is 0 Å². The van der Waals surface area contributed by atoms with Crippen LogP contribution in [0.4, 0.5) is 0 Å². The van der Waals surface area contributed by atoms with E-state index in [0.29, 0.717) is 29.0 Å². The normalized spacial score (nSPS) is 36.3. The highest BCUT2D eigenvalue weighted by Gasteiger charge is 2.50. The van der Waals surface area contributed by atoms with Crippen LogP contribution in [0.15, 0.2) is 0 Å². The minimum Gasteiger partial charge on any atom is -0.327 e. The van der Waals surface area contributed by atoms with Crippen LogP contribution in [0.25, 0.3) is 0 Å². The molecule has 2 saturated carbocycles. The summed E-state index contributed by atoms with van der Waals surface area (Å²) in [6.07, 6.45) is 13.1. The van der Waals surface area contributed by atoms with Crippen molar-refractivity contribution >= 4 is 0 Å². The first kappa shape index (κ1) is 22.0. The van der Waals surface area contributed by atoms with Gasteiger partial charge in [0.25, 0.3) is 0 Å². The maximum Gasteiger partial charge on any atom is 0.0181 e. The fourth-order valence-electron chi connectivity index (χ4n) is 7.64. The highest BCUT2D eigenvalue weighted by Crippen LogP contribution is 2.51. The summed E-state index contributed by atoms with van der Waals surface area (Å²) in [6, 6.07) is 1.51. The Morgan fingerprint density at radius 1 is 0.793 bits per heavy atom. The zero-order valence-corrected chi connectivity index (χ0v) is 19.8. The maximum atomic E-state index is 6.94. The minimum absolute atomic E-state index is 0.266. The molecule has 4 fully saturated rings. The molecule has 0 radical (unpaired) electrons. The van der Waals surface area contributed by atoms with E-state index in [4.69, 9.17) is 11.5 Å². The summed E-state index contributed by atoms with van der Waals surface area (Å²) < 4.78 is 0. The van der Waals surface area contributed by atoms with Crippen LogP contribution >= 0.6 is 0 Å². The largest absolute Gasteiger partial charge is 0.327 e. The van der Waals surface area contributed by atoms with Crippen LogP contribution < -0.4 is 11.5 Å². The molecule has 168 valence electrons. The lowest BCUT2D eigenvalue weighted by Crippen LogP contribution is -2.60. The van der Waals surface area contributed by atoms with Gasteiger partial charge in [-0.1, -0.05) is 6.42 Å². The first-order valence-corrected chi connectivity index (χ1v) is 12.7. The predicted octanol–water partition coefficient (Wildman–Crippen LogP) is 3.98. The molecule has 4 rings (SSSR count). The van der Waals surface area contributed by atoms with E-state index in [9.17, 15) is 0 Å². The van der Waals surface area contributed by atoms with E-state index in [1.165, 1.54) is 90.4 Å². The molecule has 1 unspecified atom stereocenters. The van der Waals surface area contributed by atoms with Crippen molar-refractivity contribution in [2.75, 3.05) is 26.2 Å². The molecule has 29 heavy (non-hydrogen) atoms. The highest BCUT2D eigenvalue weighted by atomic mass is 15.2. The third-order valence-corrected chi connectivity index (χ3v) is 10.4. The third kappa shape index (κ3) is 3.92. The van der Waals surface area contributed by atoms with E-state index >= 15 is 0 Å². The van der Waals surface area contributed by atoms with Crippen molar-refractivity contribution in [3.8, 4) is 0 Å². The van der Waals surface area contributed by atoms with Crippen LogP contribution in [-0.2, 0) is 0 Å². The van der Waals surface area contributed by atoms with E-state index in [1.54, 1.807) is 0 Å². The Hall–Kier alpha value is -0.160. The smallest absolute Gasteiger partial charge is 0.0181 e. The average molecular weight is 405 g/mol. The van der Waals surface area contributed by atoms with Crippen molar-refractivity contribution < 1.29 is 0 Å². The second kappa shape index (κ2) is 8.07. The zero-order chi connectivity index (χ0) is 20.9. The zero-order valence-electron chi connectivity index (χ0n) is 19.8. The fourth-order valence-corrected chi connectivity index (χ4v) is 7.64. The van der Waals surface area contributed by atoms with Gasteiger partial charge in [-0.05, 0) is 128 Å². The molecule has 2 spiro atoms. The van der Waals surface area contributed by atoms with E-state index in [1.807, 2.05) is 0 Å². The number of hydrogen-bond acceptors (Lipinski definition) is 4. The monoisotopic (exact) mass is 404 g/mol. The Morgan fingerprint density at radius 3 is 1.90 bits per heavy atom. The SMILES string of the molecule is CC(C)N1CCC2(CCC(C(C)(C)N3CCC4(CCC[C@H]4N)CC3)C[C@H]2N)CC1. The summed E-state index contributed by atoms with van der Waals surface area (Å²) >= 11 is 0. The lowest BCUT2D eigenvalue weighted by Gasteiger charge is -2.56. The van der Waals surface area contributed by atoms with Crippen LogP contribution in [0.2, 0.25) is 0 Å². The third-order valence-electron chi connectivity index (χ3n) is 10.4. The maximum absolute atomic E-state index is 6.94. The van der Waals surface area contributed by atoms with Gasteiger partial charge in [-0.3, -0.25) is 4.90 Å². The molecule has 0 amide bonds. The summed E-state index contributed by atoms with van der Waals surface area (Å²) in [5, 5.41) is 0. The molecular formula is C25H48N4. The van der Waals surface area contributed by atoms with Crippen molar-refractivity contribution in [1.29, 1.82) is 0 Å². The van der Waals surface area contributed by atoms with Gasteiger partial charge in [0.15, 0.2) is 0 Å². The topological polar surface area (TPSA) is 58.5 Å². The second-order valence-electron chi connectivity index (χ2n) is 12.1. The Balaban J connectivity index is 1.35. The number of nitrogens with two attached hydrogens (primary N) is 2. The minimum atomic E-state index is 0.266. The van der Waals surface area contributed by atoms with Crippen molar-refractivity contribution in [2.24, 2.45) is 28.2 Å². The molecular weight excluding hydrogens is 356 g/mol. The number of piperidine rings is 2. The molecule has 0 bridgehead atoms. The highest BCUT2D eigenvalue weighted by molar-refractivity contribution is 5.05. The van der Waals surface area contributed by atoms with Gasteiger partial charge < -0.3 is 16.4 Å². The summed E-state index contributed by atoms with van der Waals surface area (Å²) in [5.74, 6) is 0.734. The Labute approximate surface area is 180 Å². The van der Waals surface area contributed by atoms with Crippen LogP contribution in [0.5, 0.6) is 0 Å². The number of rotatable bonds is 3. The molecule has 4 heteroatoms. The average Bonchev–Trinajstić information content (AvgIpc) is 3.04. The van der Waals surface area contributed by atoms with E-state index in [0.717, 1.165) is 5.92 Å². The molecule has 0 aromatic rings. The molecule has 0 aromatic carbocycles. The lowest BCUT2D eigenvalue weighted by molar-refractivity contribution is -0.0425. The van der Waals surface area contributed by atoms with Gasteiger partial charge in [0, 0.05) is 23.7 Å². The Kier molecular flexibility index (Phi) is 6.14. The van der Waals surface area contributed by atoms with E-state index < -0.39 is 0 Å². The van der Waals surface area contributed by atoms with Crippen LogP contribution in [0.3, 0.4) is 0 Å². The first-order chi connectivity index (χ1) is 13.7. The molecule has 2 saturated heterocycles. The van der Waals surface area contributed by atoms with Gasteiger partial charge in [0.05, 0.1) is 0 Å². The van der Waals surface area contributed by atoms with Crippen LogP contribution in [0.1, 0.15) is 91.9 Å². The number of hydrogen-bond donors (Lipinski definition) is 2. The van der Waals surface area contributed by atoms with Crippen molar-refractivity contribution in [3.63, 3.8) is 0 Å². The Bertz CT molecular complexity index is 555. The van der Waals surface area contributed by atoms with Crippen LogP contribution in [0, 0.1) is 16.7 Å². The van der Waals surface area contributed by atoms with Crippen LogP contribution in [-0.4, -0.2) is 59.6 Å². The van der Waals surface area contributed by atoms with Gasteiger partial charge in [-0.2, -0.15) is 0 Å². The lowest BCUT2D eigenvalue weighted by atomic mass is 9.59. The summed E-state index contributed by atoms with van der Waals surface area (Å²) in [6.45, 7) is 14.6. The second-order valence-corrected chi connectivity index (χ2v) is 12.1. The summed E-state index contributed by atoms with van der Waals surface area (Å²) in [7, 11) is 0. The van der Waals surface area contributed by atoms with Crippen molar-refractivity contribution in [3.05, 3.63) is 0 Å².